The molecule has 0 saturated carbocycles. The number of amides is 1. The van der Waals surface area contributed by atoms with Gasteiger partial charge in [0.05, 0.1) is 30.1 Å². The Morgan fingerprint density at radius 3 is 2.74 bits per heavy atom. The number of aromatic nitrogens is 1. The number of piperidine rings is 1. The van der Waals surface area contributed by atoms with Gasteiger partial charge in [0.25, 0.3) is 11.5 Å². The number of carbonyl (C=O) groups excluding carboxylic acids is 2. The number of ether oxygens (including phenoxy) is 2. The average molecular weight is 559 g/mol. The molecule has 3 aliphatic rings. The van der Waals surface area contributed by atoms with Crippen LogP contribution in [-0.2, 0) is 25.6 Å². The molecule has 1 amide bonds. The first-order valence-electron chi connectivity index (χ1n) is 13.3. The highest BCUT2D eigenvalue weighted by Gasteiger charge is 2.36. The van der Waals surface area contributed by atoms with E-state index in [-0.39, 0.29) is 35.0 Å². The lowest BCUT2D eigenvalue weighted by Gasteiger charge is -2.36. The van der Waals surface area contributed by atoms with Crippen LogP contribution in [0, 0.1) is 24.2 Å². The Kier molecular flexibility index (Phi) is 9.28. The molecule has 0 radical (unpaired) electrons. The van der Waals surface area contributed by atoms with E-state index in [1.807, 2.05) is 11.8 Å². The molecule has 2 atom stereocenters. The molecule has 0 spiro atoms. The topological polar surface area (TPSA) is 105 Å². The van der Waals surface area contributed by atoms with Crippen LogP contribution in [0.1, 0.15) is 62.6 Å². The van der Waals surface area contributed by atoms with E-state index in [0.29, 0.717) is 78.4 Å². The van der Waals surface area contributed by atoms with E-state index in [1.165, 1.54) is 11.8 Å². The molecular formula is C27H34N4O5S2. The lowest BCUT2D eigenvalue weighted by Crippen LogP contribution is -2.43. The number of nitrogens with zero attached hydrogens (tertiary/aromatic N) is 4. The molecule has 3 fully saturated rings. The maximum atomic E-state index is 13.4. The van der Waals surface area contributed by atoms with Crippen molar-refractivity contribution in [3.05, 3.63) is 31.9 Å². The zero-order valence-electron chi connectivity index (χ0n) is 22.2. The Labute approximate surface area is 232 Å². The predicted octanol–water partition coefficient (Wildman–Crippen LogP) is 3.60. The second-order valence-electron chi connectivity index (χ2n) is 9.77. The van der Waals surface area contributed by atoms with Crippen LogP contribution in [-0.4, -0.2) is 64.6 Å². The number of hydrogen-bond acceptors (Lipinski definition) is 9. The highest BCUT2D eigenvalue weighted by atomic mass is 32.2. The highest BCUT2D eigenvalue weighted by Crippen LogP contribution is 2.37. The highest BCUT2D eigenvalue weighted by molar-refractivity contribution is 8.26. The van der Waals surface area contributed by atoms with Crippen molar-refractivity contribution in [1.82, 2.24) is 9.47 Å². The van der Waals surface area contributed by atoms with E-state index in [4.69, 9.17) is 21.7 Å². The van der Waals surface area contributed by atoms with Gasteiger partial charge in [0.1, 0.15) is 21.8 Å². The van der Waals surface area contributed by atoms with Crippen LogP contribution in [0.5, 0.6) is 0 Å². The van der Waals surface area contributed by atoms with Crippen molar-refractivity contribution in [1.29, 1.82) is 5.26 Å². The van der Waals surface area contributed by atoms with E-state index in [0.717, 1.165) is 19.3 Å². The number of thioether (sulfide) groups is 1. The first kappa shape index (κ1) is 28.3. The monoisotopic (exact) mass is 558 g/mol. The third-order valence-electron chi connectivity index (χ3n) is 7.19. The lowest BCUT2D eigenvalue weighted by molar-refractivity contribution is -0.148. The molecule has 0 aromatic carbocycles. The van der Waals surface area contributed by atoms with E-state index in [1.54, 1.807) is 29.4 Å². The third-order valence-corrected chi connectivity index (χ3v) is 8.57. The summed E-state index contributed by atoms with van der Waals surface area (Å²) in [5, 5.41) is 9.87. The molecule has 4 heterocycles. The summed E-state index contributed by atoms with van der Waals surface area (Å²) in [5.74, 6) is -0.131. The Hall–Kier alpha value is -2.68. The lowest BCUT2D eigenvalue weighted by atomic mass is 9.96. The quantitative estimate of drug-likeness (QED) is 0.269. The molecule has 204 valence electrons. The molecule has 4 rings (SSSR count). The fourth-order valence-corrected chi connectivity index (χ4v) is 6.58. The molecular weight excluding hydrogens is 524 g/mol. The SMILES string of the molecule is CCCn1c(N2CCCC(C(=O)OCC)C2)c(C=C2SC(=S)N(CC3CCCO3)C2=O)c(C)c(C#N)c1=O. The molecule has 38 heavy (non-hydrogen) atoms. The predicted molar refractivity (Wildman–Crippen MR) is 151 cm³/mol. The fraction of sp³-hybridized carbons (Fsp3) is 0.593. The second-order valence-corrected chi connectivity index (χ2v) is 11.4. The van der Waals surface area contributed by atoms with E-state index in [9.17, 15) is 19.6 Å². The third kappa shape index (κ3) is 5.67. The van der Waals surface area contributed by atoms with Gasteiger partial charge in [-0.15, -0.1) is 0 Å². The zero-order chi connectivity index (χ0) is 27.4. The van der Waals surface area contributed by atoms with Gasteiger partial charge in [-0.25, -0.2) is 0 Å². The van der Waals surface area contributed by atoms with Crippen LogP contribution in [0.3, 0.4) is 0 Å². The largest absolute Gasteiger partial charge is 0.466 e. The van der Waals surface area contributed by atoms with Crippen molar-refractivity contribution in [3.8, 4) is 6.07 Å². The molecule has 2 unspecified atom stereocenters. The number of rotatable bonds is 8. The van der Waals surface area contributed by atoms with Gasteiger partial charge in [0, 0.05) is 31.8 Å². The van der Waals surface area contributed by atoms with Gasteiger partial charge < -0.3 is 14.4 Å². The summed E-state index contributed by atoms with van der Waals surface area (Å²) in [5.41, 5.74) is 0.852. The minimum atomic E-state index is -0.358. The summed E-state index contributed by atoms with van der Waals surface area (Å²) >= 11 is 6.77. The number of carbonyl (C=O) groups is 2. The van der Waals surface area contributed by atoms with Crippen molar-refractivity contribution < 1.29 is 19.1 Å². The molecule has 0 aliphatic carbocycles. The van der Waals surface area contributed by atoms with Crippen LogP contribution in [0.4, 0.5) is 5.82 Å². The van der Waals surface area contributed by atoms with Gasteiger partial charge in [0.2, 0.25) is 0 Å². The van der Waals surface area contributed by atoms with Gasteiger partial charge >= 0.3 is 5.97 Å². The van der Waals surface area contributed by atoms with Crippen molar-refractivity contribution in [2.45, 2.75) is 65.5 Å². The van der Waals surface area contributed by atoms with Gasteiger partial charge in [-0.05, 0) is 57.6 Å². The Bertz CT molecular complexity index is 1250. The summed E-state index contributed by atoms with van der Waals surface area (Å²) in [6.45, 7) is 8.36. The van der Waals surface area contributed by atoms with Gasteiger partial charge in [-0.3, -0.25) is 23.9 Å². The number of pyridine rings is 1. The zero-order valence-corrected chi connectivity index (χ0v) is 23.8. The number of nitriles is 1. The van der Waals surface area contributed by atoms with Crippen molar-refractivity contribution >= 4 is 52.1 Å². The number of thiocarbonyl (C=S) groups is 1. The standard InChI is InChI=1S/C27H34N4O5S2/c1-4-10-30-23(29-11-6-8-18(15-29)26(34)35-5-2)20(17(3)21(14-28)24(30)32)13-22-25(33)31(27(37)38-22)16-19-9-7-12-36-19/h13,18-19H,4-12,15-16H2,1-3H3. The summed E-state index contributed by atoms with van der Waals surface area (Å²) in [4.78, 5) is 43.5. The normalized spacial score (nSPS) is 22.8. The first-order chi connectivity index (χ1) is 18.3. The first-order valence-corrected chi connectivity index (χ1v) is 14.5. The van der Waals surface area contributed by atoms with Gasteiger partial charge in [-0.2, -0.15) is 5.26 Å². The molecule has 9 nitrogen and oxygen atoms in total. The van der Waals surface area contributed by atoms with Crippen molar-refractivity contribution in [3.63, 3.8) is 0 Å². The van der Waals surface area contributed by atoms with Crippen LogP contribution in [0.2, 0.25) is 0 Å². The maximum absolute atomic E-state index is 13.4. The van der Waals surface area contributed by atoms with E-state index in [2.05, 4.69) is 6.07 Å². The average Bonchev–Trinajstić information content (AvgIpc) is 3.51. The Balaban J connectivity index is 1.79. The van der Waals surface area contributed by atoms with Gasteiger partial charge in [-0.1, -0.05) is 30.9 Å². The molecule has 0 N–H and O–H groups in total. The summed E-state index contributed by atoms with van der Waals surface area (Å²) in [6, 6.07) is 2.08. The minimum absolute atomic E-state index is 0.0287. The molecule has 1 aromatic heterocycles. The molecule has 0 bridgehead atoms. The summed E-state index contributed by atoms with van der Waals surface area (Å²) < 4.78 is 13.1. The fourth-order valence-electron chi connectivity index (χ4n) is 5.32. The van der Waals surface area contributed by atoms with Gasteiger partial charge in [0.15, 0.2) is 0 Å². The molecule has 1 aromatic rings. The smallest absolute Gasteiger partial charge is 0.310 e. The summed E-state index contributed by atoms with van der Waals surface area (Å²) in [7, 11) is 0. The molecule has 11 heteroatoms. The Morgan fingerprint density at radius 1 is 1.29 bits per heavy atom. The Morgan fingerprint density at radius 2 is 2.08 bits per heavy atom. The van der Waals surface area contributed by atoms with E-state index < -0.39 is 0 Å². The van der Waals surface area contributed by atoms with Crippen LogP contribution < -0.4 is 10.5 Å². The van der Waals surface area contributed by atoms with Crippen LogP contribution in [0.15, 0.2) is 9.70 Å². The van der Waals surface area contributed by atoms with Crippen LogP contribution in [0.25, 0.3) is 6.08 Å². The van der Waals surface area contributed by atoms with Crippen molar-refractivity contribution in [2.24, 2.45) is 5.92 Å². The maximum Gasteiger partial charge on any atom is 0.310 e. The van der Waals surface area contributed by atoms with E-state index >= 15 is 0 Å². The van der Waals surface area contributed by atoms with Crippen LogP contribution >= 0.6 is 24.0 Å². The number of hydrogen-bond donors (Lipinski definition) is 0. The second kappa shape index (κ2) is 12.5. The summed E-state index contributed by atoms with van der Waals surface area (Å²) in [6.07, 6.45) is 5.74. The number of esters is 1. The molecule has 3 saturated heterocycles. The number of anilines is 1. The molecule has 3 aliphatic heterocycles. The minimum Gasteiger partial charge on any atom is -0.466 e. The van der Waals surface area contributed by atoms with Crippen molar-refractivity contribution in [2.75, 3.05) is 37.7 Å².